The van der Waals surface area contributed by atoms with Gasteiger partial charge >= 0.3 is 0 Å². The molecule has 0 saturated carbocycles. The Bertz CT molecular complexity index is 907. The zero-order valence-corrected chi connectivity index (χ0v) is 15.3. The molecule has 0 radical (unpaired) electrons. The zero-order valence-electron chi connectivity index (χ0n) is 12.8. The van der Waals surface area contributed by atoms with Crippen LogP contribution < -0.4 is 4.72 Å². The average molecular weight is 378 g/mol. The Morgan fingerprint density at radius 3 is 2.46 bits per heavy atom. The number of benzene rings is 2. The molecular weight excluding hydrogens is 362 g/mol. The Morgan fingerprint density at radius 1 is 1.04 bits per heavy atom. The van der Waals surface area contributed by atoms with Gasteiger partial charge in [0.1, 0.15) is 0 Å². The molecule has 3 rings (SSSR count). The van der Waals surface area contributed by atoms with E-state index in [0.717, 1.165) is 15.7 Å². The van der Waals surface area contributed by atoms with Crippen molar-refractivity contribution in [3.63, 3.8) is 0 Å². The molecule has 0 fully saturated rings. The quantitative estimate of drug-likeness (QED) is 0.659. The van der Waals surface area contributed by atoms with Crippen LogP contribution in [0.1, 0.15) is 11.1 Å². The summed E-state index contributed by atoms with van der Waals surface area (Å²) in [5.41, 5.74) is 2.18. The monoisotopic (exact) mass is 377 g/mol. The highest BCUT2D eigenvalue weighted by Gasteiger charge is 2.16. The Hall–Kier alpha value is -1.90. The molecule has 1 aromatic heterocycles. The number of aryl methyl sites for hydroxylation is 1. The lowest BCUT2D eigenvalue weighted by atomic mass is 10.2. The third-order valence-corrected chi connectivity index (χ3v) is 6.69. The number of aromatic nitrogens is 2. The first-order chi connectivity index (χ1) is 11.5. The number of anilines is 1. The van der Waals surface area contributed by atoms with E-state index in [4.69, 9.17) is 0 Å². The summed E-state index contributed by atoms with van der Waals surface area (Å²) < 4.78 is 27.8. The van der Waals surface area contributed by atoms with Crippen LogP contribution in [0.2, 0.25) is 0 Å². The summed E-state index contributed by atoms with van der Waals surface area (Å²) >= 11 is 2.76. The van der Waals surface area contributed by atoms with E-state index in [1.165, 1.54) is 28.7 Å². The number of thioether (sulfide) groups is 1. The summed E-state index contributed by atoms with van der Waals surface area (Å²) in [4.78, 5) is 0.210. The molecule has 1 N–H and O–H groups in total. The summed E-state index contributed by atoms with van der Waals surface area (Å²) in [7, 11) is -3.64. The van der Waals surface area contributed by atoms with Crippen molar-refractivity contribution in [2.45, 2.75) is 21.9 Å². The van der Waals surface area contributed by atoms with Crippen LogP contribution >= 0.6 is 23.1 Å². The lowest BCUT2D eigenvalue weighted by molar-refractivity contribution is 0.601. The first kappa shape index (κ1) is 16.9. The molecule has 0 saturated heterocycles. The molecule has 24 heavy (non-hydrogen) atoms. The van der Waals surface area contributed by atoms with E-state index in [1.807, 2.05) is 37.3 Å². The van der Waals surface area contributed by atoms with Crippen molar-refractivity contribution in [2.75, 3.05) is 4.72 Å². The summed E-state index contributed by atoms with van der Waals surface area (Å²) in [5, 5.41) is 8.21. The molecule has 0 atom stereocenters. The second-order valence-electron chi connectivity index (χ2n) is 5.07. The molecule has 124 valence electrons. The van der Waals surface area contributed by atoms with Crippen molar-refractivity contribution in [1.82, 2.24) is 10.2 Å². The molecule has 0 aliphatic rings. The summed E-state index contributed by atoms with van der Waals surface area (Å²) in [6.07, 6.45) is 0. The van der Waals surface area contributed by atoms with Crippen LogP contribution in [0.4, 0.5) is 5.13 Å². The van der Waals surface area contributed by atoms with Crippen molar-refractivity contribution < 1.29 is 8.42 Å². The van der Waals surface area contributed by atoms with Crippen molar-refractivity contribution >= 4 is 38.3 Å². The van der Waals surface area contributed by atoms with Crippen LogP contribution in [-0.4, -0.2) is 18.6 Å². The van der Waals surface area contributed by atoms with Crippen LogP contribution in [-0.2, 0) is 15.8 Å². The van der Waals surface area contributed by atoms with Crippen LogP contribution in [0, 0.1) is 6.92 Å². The van der Waals surface area contributed by atoms with Gasteiger partial charge in [0.25, 0.3) is 10.0 Å². The summed E-state index contributed by atoms with van der Waals surface area (Å²) in [6, 6.07) is 16.7. The van der Waals surface area contributed by atoms with Gasteiger partial charge in [0.2, 0.25) is 5.13 Å². The maximum atomic E-state index is 12.3. The minimum atomic E-state index is -3.64. The molecule has 0 bridgehead atoms. The fourth-order valence-electron chi connectivity index (χ4n) is 1.92. The van der Waals surface area contributed by atoms with Crippen molar-refractivity contribution in [3.05, 3.63) is 65.7 Å². The molecular formula is C16H15N3O2S3. The number of hydrogen-bond acceptors (Lipinski definition) is 6. The zero-order chi connectivity index (χ0) is 17.0. The van der Waals surface area contributed by atoms with Gasteiger partial charge < -0.3 is 0 Å². The Morgan fingerprint density at radius 2 is 1.75 bits per heavy atom. The van der Waals surface area contributed by atoms with Gasteiger partial charge in [-0.2, -0.15) is 0 Å². The number of nitrogens with one attached hydrogen (secondary N) is 1. The average Bonchev–Trinajstić information content (AvgIpc) is 3.01. The second kappa shape index (κ2) is 7.33. The van der Waals surface area contributed by atoms with Crippen LogP contribution in [0.25, 0.3) is 0 Å². The topological polar surface area (TPSA) is 72.0 Å². The van der Waals surface area contributed by atoms with E-state index in [-0.39, 0.29) is 10.0 Å². The van der Waals surface area contributed by atoms with Crippen LogP contribution in [0.15, 0.2) is 63.8 Å². The van der Waals surface area contributed by atoms with E-state index < -0.39 is 10.0 Å². The predicted molar refractivity (Wildman–Crippen MR) is 97.9 cm³/mol. The fourth-order valence-corrected chi connectivity index (χ4v) is 4.86. The molecule has 3 aromatic rings. The van der Waals surface area contributed by atoms with Crippen molar-refractivity contribution in [3.8, 4) is 0 Å². The fraction of sp³-hybridized carbons (Fsp3) is 0.125. The van der Waals surface area contributed by atoms with E-state index in [2.05, 4.69) is 14.9 Å². The molecule has 1 heterocycles. The van der Waals surface area contributed by atoms with Crippen molar-refractivity contribution in [2.24, 2.45) is 0 Å². The standard InChI is InChI=1S/C16H15N3O2S3/c1-12-7-9-14(10-8-12)24(20,21)19-15-17-18-16(23-15)22-11-13-5-3-2-4-6-13/h2-10H,11H2,1H3,(H,17,19). The van der Waals surface area contributed by atoms with Crippen LogP contribution in [0.3, 0.4) is 0 Å². The van der Waals surface area contributed by atoms with E-state index in [9.17, 15) is 8.42 Å². The first-order valence-corrected chi connectivity index (χ1v) is 10.4. The Balaban J connectivity index is 1.66. The number of rotatable bonds is 6. The minimum Gasteiger partial charge on any atom is -0.253 e. The molecule has 0 unspecified atom stereocenters. The predicted octanol–water partition coefficient (Wildman–Crippen LogP) is 3.94. The van der Waals surface area contributed by atoms with Gasteiger partial charge in [0.05, 0.1) is 4.90 Å². The van der Waals surface area contributed by atoms with Gasteiger partial charge in [-0.05, 0) is 24.6 Å². The second-order valence-corrected chi connectivity index (χ2v) is 8.95. The third kappa shape index (κ3) is 4.34. The maximum Gasteiger partial charge on any atom is 0.263 e. The van der Waals surface area contributed by atoms with E-state index >= 15 is 0 Å². The van der Waals surface area contributed by atoms with Crippen molar-refractivity contribution in [1.29, 1.82) is 0 Å². The van der Waals surface area contributed by atoms with Gasteiger partial charge in [-0.15, -0.1) is 10.2 Å². The van der Waals surface area contributed by atoms with Gasteiger partial charge in [-0.1, -0.05) is 71.1 Å². The molecule has 0 spiro atoms. The SMILES string of the molecule is Cc1ccc(S(=O)(=O)Nc2nnc(SCc3ccccc3)s2)cc1. The largest absolute Gasteiger partial charge is 0.263 e. The molecule has 0 amide bonds. The molecule has 0 aliphatic heterocycles. The van der Waals surface area contributed by atoms with Gasteiger partial charge in [-0.25, -0.2) is 8.42 Å². The molecule has 5 nitrogen and oxygen atoms in total. The summed E-state index contributed by atoms with van der Waals surface area (Å²) in [5.74, 6) is 0.764. The number of nitrogens with zero attached hydrogens (tertiary/aromatic N) is 2. The van der Waals surface area contributed by atoms with Crippen LogP contribution in [0.5, 0.6) is 0 Å². The maximum absolute atomic E-state index is 12.3. The highest BCUT2D eigenvalue weighted by molar-refractivity contribution is 8.00. The van der Waals surface area contributed by atoms with Gasteiger partial charge in [0.15, 0.2) is 4.34 Å². The lowest BCUT2D eigenvalue weighted by Gasteiger charge is -2.04. The van der Waals surface area contributed by atoms with Gasteiger partial charge in [-0.3, -0.25) is 4.72 Å². The highest BCUT2D eigenvalue weighted by Crippen LogP contribution is 2.29. The normalized spacial score (nSPS) is 11.4. The third-order valence-electron chi connectivity index (χ3n) is 3.16. The first-order valence-electron chi connectivity index (χ1n) is 7.13. The molecule has 8 heteroatoms. The van der Waals surface area contributed by atoms with Gasteiger partial charge in [0, 0.05) is 5.75 Å². The molecule has 0 aliphatic carbocycles. The van der Waals surface area contributed by atoms with E-state index in [0.29, 0.717) is 0 Å². The minimum absolute atomic E-state index is 0.210. The summed E-state index contributed by atoms with van der Waals surface area (Å²) in [6.45, 7) is 1.91. The smallest absolute Gasteiger partial charge is 0.253 e. The highest BCUT2D eigenvalue weighted by atomic mass is 32.2. The Labute approximate surface area is 149 Å². The molecule has 2 aromatic carbocycles. The lowest BCUT2D eigenvalue weighted by Crippen LogP contribution is -2.12. The number of sulfonamides is 1. The van der Waals surface area contributed by atoms with E-state index in [1.54, 1.807) is 24.3 Å². The number of hydrogen-bond donors (Lipinski definition) is 1. The Kier molecular flexibility index (Phi) is 5.17.